The number of carbonyl (C=O) groups excluding carboxylic acids is 1. The molecule has 10 nitrogen and oxygen atoms in total. The SMILES string of the molecule is Cc1cc(=O)c(O)c(C2(C(C#N)C(=O)NC3CCN(c4ncccn4)CC3)CCOCC2)o1. The van der Waals surface area contributed by atoms with Crippen LogP contribution in [0, 0.1) is 24.2 Å². The standard InChI is InChI=1S/C23H27N5O5/c1-15-13-18(29)19(30)20(33-15)23(5-11-32-12-6-23)17(14-24)21(31)27-16-3-9-28(10-4-16)22-25-7-2-8-26-22/h2,7-8,13,16-17,30H,3-6,9-12H2,1H3,(H,27,31). The molecule has 0 aliphatic carbocycles. The summed E-state index contributed by atoms with van der Waals surface area (Å²) in [4.78, 5) is 36.2. The van der Waals surface area contributed by atoms with E-state index in [2.05, 4.69) is 26.3 Å². The van der Waals surface area contributed by atoms with Gasteiger partial charge in [0.2, 0.25) is 23.0 Å². The fourth-order valence-electron chi connectivity index (χ4n) is 4.72. The van der Waals surface area contributed by atoms with Crippen molar-refractivity contribution >= 4 is 11.9 Å². The van der Waals surface area contributed by atoms with Gasteiger partial charge in [-0.25, -0.2) is 9.97 Å². The molecule has 2 N–H and O–H groups in total. The number of aromatic nitrogens is 2. The molecule has 2 fully saturated rings. The molecule has 174 valence electrons. The predicted octanol–water partition coefficient (Wildman–Crippen LogP) is 1.42. The number of piperidine rings is 1. The number of amides is 1. The van der Waals surface area contributed by atoms with Gasteiger partial charge in [-0.15, -0.1) is 0 Å². The van der Waals surface area contributed by atoms with E-state index in [1.807, 2.05) is 0 Å². The first-order valence-corrected chi connectivity index (χ1v) is 11.1. The highest BCUT2D eigenvalue weighted by molar-refractivity contribution is 5.83. The van der Waals surface area contributed by atoms with Crippen LogP contribution in [0.4, 0.5) is 5.95 Å². The smallest absolute Gasteiger partial charge is 0.238 e. The van der Waals surface area contributed by atoms with E-state index < -0.39 is 28.4 Å². The summed E-state index contributed by atoms with van der Waals surface area (Å²) < 4.78 is 11.2. The minimum atomic E-state index is -1.15. The molecule has 0 aromatic carbocycles. The molecule has 0 spiro atoms. The van der Waals surface area contributed by atoms with Crippen molar-refractivity contribution in [2.75, 3.05) is 31.2 Å². The summed E-state index contributed by atoms with van der Waals surface area (Å²) in [7, 11) is 0. The topological polar surface area (TPSA) is 142 Å². The first kappa shape index (κ1) is 22.7. The maximum absolute atomic E-state index is 13.3. The molecule has 2 aliphatic heterocycles. The summed E-state index contributed by atoms with van der Waals surface area (Å²) in [6.45, 7) is 3.54. The lowest BCUT2D eigenvalue weighted by molar-refractivity contribution is -0.128. The number of nitriles is 1. The minimum Gasteiger partial charge on any atom is -0.502 e. The van der Waals surface area contributed by atoms with Crippen molar-refractivity contribution in [2.45, 2.75) is 44.1 Å². The maximum atomic E-state index is 13.3. The third-order valence-corrected chi connectivity index (χ3v) is 6.50. The Morgan fingerprint density at radius 1 is 1.30 bits per heavy atom. The Kier molecular flexibility index (Phi) is 6.60. The maximum Gasteiger partial charge on any atom is 0.238 e. The second-order valence-electron chi connectivity index (χ2n) is 8.55. The molecule has 10 heteroatoms. The van der Waals surface area contributed by atoms with E-state index in [9.17, 15) is 20.0 Å². The Morgan fingerprint density at radius 2 is 1.97 bits per heavy atom. The lowest BCUT2D eigenvalue weighted by Gasteiger charge is -2.39. The van der Waals surface area contributed by atoms with Crippen molar-refractivity contribution in [1.29, 1.82) is 5.26 Å². The van der Waals surface area contributed by atoms with Crippen molar-refractivity contribution in [2.24, 2.45) is 5.92 Å². The number of rotatable bonds is 5. The first-order chi connectivity index (χ1) is 15.9. The lowest BCUT2D eigenvalue weighted by atomic mass is 9.67. The molecule has 1 atom stereocenters. The van der Waals surface area contributed by atoms with Gasteiger partial charge < -0.3 is 24.5 Å². The molecular weight excluding hydrogens is 426 g/mol. The van der Waals surface area contributed by atoms with Crippen LogP contribution in [0.2, 0.25) is 0 Å². The van der Waals surface area contributed by atoms with Crippen LogP contribution in [0.5, 0.6) is 5.75 Å². The van der Waals surface area contributed by atoms with Gasteiger partial charge in [0.1, 0.15) is 11.7 Å². The Balaban J connectivity index is 1.53. The van der Waals surface area contributed by atoms with Gasteiger partial charge in [-0.05, 0) is 38.7 Å². The molecule has 2 saturated heterocycles. The van der Waals surface area contributed by atoms with Crippen LogP contribution in [-0.4, -0.2) is 53.3 Å². The lowest BCUT2D eigenvalue weighted by Crippen LogP contribution is -2.52. The van der Waals surface area contributed by atoms with E-state index in [0.29, 0.717) is 37.6 Å². The fourth-order valence-corrected chi connectivity index (χ4v) is 4.72. The van der Waals surface area contributed by atoms with Gasteiger partial charge in [0.15, 0.2) is 5.76 Å². The number of ether oxygens (including phenoxy) is 1. The highest BCUT2D eigenvalue weighted by Gasteiger charge is 2.50. The zero-order valence-electron chi connectivity index (χ0n) is 18.5. The third kappa shape index (κ3) is 4.54. The molecule has 4 heterocycles. The van der Waals surface area contributed by atoms with Gasteiger partial charge in [0, 0.05) is 50.8 Å². The molecular formula is C23H27N5O5. The van der Waals surface area contributed by atoms with Gasteiger partial charge in [0.25, 0.3) is 0 Å². The Labute approximate surface area is 191 Å². The highest BCUT2D eigenvalue weighted by Crippen LogP contribution is 2.44. The van der Waals surface area contributed by atoms with E-state index in [1.165, 1.54) is 6.07 Å². The van der Waals surface area contributed by atoms with E-state index >= 15 is 0 Å². The van der Waals surface area contributed by atoms with E-state index in [4.69, 9.17) is 9.15 Å². The number of anilines is 1. The molecule has 1 amide bonds. The zero-order chi connectivity index (χ0) is 23.4. The number of aromatic hydroxyl groups is 1. The molecule has 33 heavy (non-hydrogen) atoms. The summed E-state index contributed by atoms with van der Waals surface area (Å²) in [5.74, 6) is -1.17. The van der Waals surface area contributed by atoms with Gasteiger partial charge in [-0.3, -0.25) is 9.59 Å². The normalized spacial score (nSPS) is 19.5. The van der Waals surface area contributed by atoms with Gasteiger partial charge >= 0.3 is 0 Å². The van der Waals surface area contributed by atoms with Gasteiger partial charge in [-0.1, -0.05) is 0 Å². The van der Waals surface area contributed by atoms with E-state index in [1.54, 1.807) is 25.4 Å². The molecule has 0 saturated carbocycles. The predicted molar refractivity (Wildman–Crippen MR) is 118 cm³/mol. The number of hydrogen-bond acceptors (Lipinski definition) is 9. The van der Waals surface area contributed by atoms with Crippen LogP contribution < -0.4 is 15.6 Å². The summed E-state index contributed by atoms with van der Waals surface area (Å²) in [5.41, 5.74) is -1.74. The molecule has 2 aliphatic rings. The summed E-state index contributed by atoms with van der Waals surface area (Å²) >= 11 is 0. The molecule has 0 radical (unpaired) electrons. The summed E-state index contributed by atoms with van der Waals surface area (Å²) in [5, 5.41) is 23.6. The first-order valence-electron chi connectivity index (χ1n) is 11.1. The summed E-state index contributed by atoms with van der Waals surface area (Å²) in [6.07, 6.45) is 5.32. The van der Waals surface area contributed by atoms with Crippen LogP contribution in [0.3, 0.4) is 0 Å². The Bertz CT molecular complexity index is 1080. The number of nitrogens with one attached hydrogen (secondary N) is 1. The molecule has 1 unspecified atom stereocenters. The zero-order valence-corrected chi connectivity index (χ0v) is 18.5. The number of carbonyl (C=O) groups is 1. The Morgan fingerprint density at radius 3 is 2.61 bits per heavy atom. The van der Waals surface area contributed by atoms with Crippen molar-refractivity contribution in [3.63, 3.8) is 0 Å². The van der Waals surface area contributed by atoms with Crippen LogP contribution in [0.15, 0.2) is 33.7 Å². The average molecular weight is 453 g/mol. The number of nitrogens with zero attached hydrogens (tertiary/aromatic N) is 4. The van der Waals surface area contributed by atoms with Gasteiger partial charge in [-0.2, -0.15) is 5.26 Å². The number of aryl methyl sites for hydroxylation is 1. The molecule has 2 aromatic heterocycles. The minimum absolute atomic E-state index is 0.00598. The van der Waals surface area contributed by atoms with Crippen molar-refractivity contribution in [1.82, 2.24) is 15.3 Å². The van der Waals surface area contributed by atoms with E-state index in [0.717, 1.165) is 0 Å². The molecule has 0 bridgehead atoms. The second kappa shape index (κ2) is 9.58. The van der Waals surface area contributed by atoms with Crippen LogP contribution in [0.25, 0.3) is 0 Å². The highest BCUT2D eigenvalue weighted by atomic mass is 16.5. The Hall–Kier alpha value is -3.45. The van der Waals surface area contributed by atoms with Crippen molar-refractivity contribution in [3.8, 4) is 11.8 Å². The van der Waals surface area contributed by atoms with Crippen LogP contribution >= 0.6 is 0 Å². The fraction of sp³-hybridized carbons (Fsp3) is 0.522. The largest absolute Gasteiger partial charge is 0.502 e. The number of hydrogen-bond donors (Lipinski definition) is 2. The van der Waals surface area contributed by atoms with Crippen molar-refractivity contribution in [3.05, 3.63) is 46.3 Å². The third-order valence-electron chi connectivity index (χ3n) is 6.50. The quantitative estimate of drug-likeness (QED) is 0.687. The van der Waals surface area contributed by atoms with Crippen molar-refractivity contribution < 1.29 is 19.1 Å². The molecule has 4 rings (SSSR count). The van der Waals surface area contributed by atoms with Gasteiger partial charge in [0.05, 0.1) is 11.5 Å². The monoisotopic (exact) mass is 453 g/mol. The second-order valence-corrected chi connectivity index (χ2v) is 8.55. The van der Waals surface area contributed by atoms with E-state index in [-0.39, 0.29) is 37.9 Å². The van der Waals surface area contributed by atoms with Crippen LogP contribution in [-0.2, 0) is 14.9 Å². The average Bonchev–Trinajstić information content (AvgIpc) is 2.83. The summed E-state index contributed by atoms with van der Waals surface area (Å²) in [6, 6.07) is 4.98. The van der Waals surface area contributed by atoms with Crippen LogP contribution in [0.1, 0.15) is 37.2 Å². The molecule has 2 aromatic rings.